The monoisotopic (exact) mass is 703 g/mol. The number of fused-ring (bicyclic) bond motifs is 1. The standard InChI is InChI=1S/C32H33F4N7O5S/c1-18-11-29(48-31-21(33)5-4-6-22(31)34)39-16-25(18)41-32(37)20(15-38-2)30(44)24-12-19-13-27(47-17-28(35)36)26(14-23(19)40-24)42-7-9-43(10-8-42)49(3,45)46/h4-6,11-16,28,38,40H,7-10,17H2,1-3H3,(H2,37,41). The van der Waals surface area contributed by atoms with E-state index in [1.165, 1.54) is 41.0 Å². The van der Waals surface area contributed by atoms with Gasteiger partial charge in [-0.15, -0.1) is 0 Å². The number of para-hydroxylation sites is 1. The van der Waals surface area contributed by atoms with Gasteiger partial charge in [0.15, 0.2) is 11.6 Å². The Morgan fingerprint density at radius 2 is 1.84 bits per heavy atom. The third-order valence-corrected chi connectivity index (χ3v) is 8.90. The highest BCUT2D eigenvalue weighted by molar-refractivity contribution is 7.88. The second-order valence-electron chi connectivity index (χ2n) is 11.1. The molecule has 0 bridgehead atoms. The molecule has 1 aliphatic rings. The lowest BCUT2D eigenvalue weighted by Gasteiger charge is -2.35. The maximum absolute atomic E-state index is 14.0. The number of Topliss-reactive ketones (excluding diaryl/α,β-unsaturated/α-hetero) is 1. The Balaban J connectivity index is 1.42. The van der Waals surface area contributed by atoms with Crippen molar-refractivity contribution >= 4 is 43.9 Å². The third kappa shape index (κ3) is 8.11. The molecule has 12 nitrogen and oxygen atoms in total. The van der Waals surface area contributed by atoms with E-state index in [9.17, 15) is 30.8 Å². The Kier molecular flexibility index (Phi) is 10.4. The number of hydrogen-bond donors (Lipinski definition) is 3. The zero-order valence-corrected chi connectivity index (χ0v) is 27.5. The first kappa shape index (κ1) is 35.2. The lowest BCUT2D eigenvalue weighted by Crippen LogP contribution is -2.48. The molecule has 3 heterocycles. The van der Waals surface area contributed by atoms with Crippen LogP contribution in [-0.2, 0) is 10.0 Å². The van der Waals surface area contributed by atoms with E-state index in [4.69, 9.17) is 15.2 Å². The van der Waals surface area contributed by atoms with Crippen LogP contribution in [0.1, 0.15) is 16.1 Å². The number of ketones is 1. The fourth-order valence-electron chi connectivity index (χ4n) is 5.16. The van der Waals surface area contributed by atoms with Crippen molar-refractivity contribution in [2.75, 3.05) is 51.0 Å². The van der Waals surface area contributed by atoms with Crippen LogP contribution in [0.15, 0.2) is 65.4 Å². The summed E-state index contributed by atoms with van der Waals surface area (Å²) in [6.07, 6.45) is 1.03. The van der Waals surface area contributed by atoms with Crippen molar-refractivity contribution in [3.05, 3.63) is 83.3 Å². The van der Waals surface area contributed by atoms with Crippen LogP contribution in [0.5, 0.6) is 17.4 Å². The molecule has 0 spiro atoms. The maximum atomic E-state index is 14.0. The summed E-state index contributed by atoms with van der Waals surface area (Å²) >= 11 is 0. The van der Waals surface area contributed by atoms with Gasteiger partial charge in [-0.1, -0.05) is 6.07 Å². The van der Waals surface area contributed by atoms with Crippen LogP contribution < -0.4 is 25.4 Å². The lowest BCUT2D eigenvalue weighted by molar-refractivity contribution is 0.0821. The van der Waals surface area contributed by atoms with Gasteiger partial charge in [0.2, 0.25) is 27.4 Å². The molecule has 2 aromatic heterocycles. The number of aryl methyl sites for hydroxylation is 1. The van der Waals surface area contributed by atoms with Gasteiger partial charge in [-0.25, -0.2) is 36.0 Å². The number of nitrogens with two attached hydrogens (primary N) is 1. The molecule has 2 aromatic carbocycles. The predicted octanol–water partition coefficient (Wildman–Crippen LogP) is 4.64. The molecule has 1 saturated heterocycles. The highest BCUT2D eigenvalue weighted by atomic mass is 32.2. The topological polar surface area (TPSA) is 155 Å². The minimum absolute atomic E-state index is 0.0199. The Hall–Kier alpha value is -5.16. The van der Waals surface area contributed by atoms with Gasteiger partial charge in [0.1, 0.15) is 18.2 Å². The van der Waals surface area contributed by atoms with Crippen LogP contribution in [-0.4, -0.2) is 86.8 Å². The molecule has 49 heavy (non-hydrogen) atoms. The van der Waals surface area contributed by atoms with Gasteiger partial charge in [0, 0.05) is 56.4 Å². The smallest absolute Gasteiger partial charge is 0.272 e. The number of alkyl halides is 2. The van der Waals surface area contributed by atoms with Crippen LogP contribution in [0.4, 0.5) is 28.9 Å². The van der Waals surface area contributed by atoms with E-state index in [0.29, 0.717) is 35.2 Å². The summed E-state index contributed by atoms with van der Waals surface area (Å²) in [7, 11) is -1.83. The van der Waals surface area contributed by atoms with Gasteiger partial charge >= 0.3 is 0 Å². The molecule has 0 aliphatic carbocycles. The van der Waals surface area contributed by atoms with Crippen molar-refractivity contribution in [3.63, 3.8) is 0 Å². The highest BCUT2D eigenvalue weighted by Gasteiger charge is 2.27. The number of aliphatic imine (C=N–C) groups is 1. The number of carbonyl (C=O) groups excluding carboxylic acids is 1. The molecule has 0 unspecified atom stereocenters. The number of nitrogens with one attached hydrogen (secondary N) is 2. The van der Waals surface area contributed by atoms with Gasteiger partial charge in [-0.2, -0.15) is 4.31 Å². The number of aromatic nitrogens is 2. The first-order valence-corrected chi connectivity index (χ1v) is 16.7. The van der Waals surface area contributed by atoms with E-state index in [0.717, 1.165) is 18.4 Å². The number of nitrogens with zero attached hydrogens (tertiary/aromatic N) is 4. The van der Waals surface area contributed by atoms with E-state index < -0.39 is 46.2 Å². The van der Waals surface area contributed by atoms with E-state index in [-0.39, 0.29) is 47.5 Å². The van der Waals surface area contributed by atoms with E-state index in [1.54, 1.807) is 20.0 Å². The number of pyridine rings is 1. The zero-order valence-electron chi connectivity index (χ0n) is 26.6. The molecule has 1 fully saturated rings. The van der Waals surface area contributed by atoms with Gasteiger partial charge in [-0.3, -0.25) is 4.79 Å². The van der Waals surface area contributed by atoms with Crippen LogP contribution in [0.25, 0.3) is 10.9 Å². The van der Waals surface area contributed by atoms with E-state index in [1.807, 2.05) is 4.90 Å². The van der Waals surface area contributed by atoms with Crippen LogP contribution in [0, 0.1) is 18.6 Å². The summed E-state index contributed by atoms with van der Waals surface area (Å²) in [5.74, 6) is -3.07. The van der Waals surface area contributed by atoms with Crippen LogP contribution in [0.3, 0.4) is 0 Å². The second-order valence-corrected chi connectivity index (χ2v) is 13.1. The summed E-state index contributed by atoms with van der Waals surface area (Å²) in [5.41, 5.74) is 8.08. The van der Waals surface area contributed by atoms with Crippen molar-refractivity contribution in [2.45, 2.75) is 13.3 Å². The van der Waals surface area contributed by atoms with Gasteiger partial charge in [-0.05, 0) is 42.8 Å². The van der Waals surface area contributed by atoms with Crippen molar-refractivity contribution in [1.29, 1.82) is 0 Å². The van der Waals surface area contributed by atoms with Gasteiger partial charge in [0.05, 0.1) is 35.1 Å². The average molecular weight is 704 g/mol. The molecular weight excluding hydrogens is 670 g/mol. The number of H-pyrrole nitrogens is 1. The number of rotatable bonds is 12. The summed E-state index contributed by atoms with van der Waals surface area (Å²) in [6.45, 7) is 1.77. The Morgan fingerprint density at radius 3 is 2.45 bits per heavy atom. The highest BCUT2D eigenvalue weighted by Crippen LogP contribution is 2.35. The van der Waals surface area contributed by atoms with Crippen molar-refractivity contribution < 1.29 is 40.2 Å². The minimum atomic E-state index is -3.39. The molecule has 4 aromatic rings. The molecule has 0 atom stereocenters. The number of halogens is 4. The Labute approximate surface area is 279 Å². The molecule has 17 heteroatoms. The van der Waals surface area contributed by atoms with Crippen molar-refractivity contribution in [2.24, 2.45) is 10.7 Å². The Morgan fingerprint density at radius 1 is 1.14 bits per heavy atom. The fraction of sp³-hybridized carbons (Fsp3) is 0.281. The fourth-order valence-corrected chi connectivity index (χ4v) is 5.99. The maximum Gasteiger partial charge on any atom is 0.272 e. The quantitative estimate of drug-likeness (QED) is 0.0629. The largest absolute Gasteiger partial charge is 0.485 e. The van der Waals surface area contributed by atoms with E-state index in [2.05, 4.69) is 20.3 Å². The normalized spacial score (nSPS) is 14.8. The zero-order chi connectivity index (χ0) is 35.5. The molecule has 0 amide bonds. The van der Waals surface area contributed by atoms with Crippen LogP contribution >= 0.6 is 0 Å². The summed E-state index contributed by atoms with van der Waals surface area (Å²) in [4.78, 5) is 27.1. The van der Waals surface area contributed by atoms with Gasteiger partial charge < -0.3 is 30.4 Å². The number of sulfonamides is 1. The first-order chi connectivity index (χ1) is 23.2. The second kappa shape index (κ2) is 14.5. The number of amidine groups is 1. The van der Waals surface area contributed by atoms with Crippen molar-refractivity contribution in [1.82, 2.24) is 19.6 Å². The minimum Gasteiger partial charge on any atom is -0.485 e. The van der Waals surface area contributed by atoms with Crippen molar-refractivity contribution in [3.8, 4) is 17.4 Å². The van der Waals surface area contributed by atoms with Gasteiger partial charge in [0.25, 0.3) is 6.43 Å². The molecule has 0 radical (unpaired) electrons. The number of piperazine rings is 1. The number of anilines is 1. The van der Waals surface area contributed by atoms with Crippen LogP contribution in [0.2, 0.25) is 0 Å². The number of carbonyl (C=O) groups is 1. The van der Waals surface area contributed by atoms with E-state index >= 15 is 0 Å². The molecule has 5 rings (SSSR count). The summed E-state index contributed by atoms with van der Waals surface area (Å²) < 4.78 is 90.4. The first-order valence-electron chi connectivity index (χ1n) is 14.9. The lowest BCUT2D eigenvalue weighted by atomic mass is 10.1. The number of aromatic amines is 1. The third-order valence-electron chi connectivity index (χ3n) is 7.59. The Bertz CT molecular complexity index is 2020. The molecular formula is C32H33F4N7O5S. The predicted molar refractivity (Wildman–Crippen MR) is 177 cm³/mol. The number of benzene rings is 2. The molecule has 1 aliphatic heterocycles. The summed E-state index contributed by atoms with van der Waals surface area (Å²) in [5, 5.41) is 3.27. The SMILES string of the molecule is CNC=C(C(=O)c1cc2cc(OCC(F)F)c(N3CCN(S(C)(=O)=O)CC3)cc2[nH]1)C(N)=Nc1cnc(Oc2c(F)cccc2F)cc1C. The number of hydrogen-bond acceptors (Lipinski definition) is 9. The molecule has 260 valence electrons. The summed E-state index contributed by atoms with van der Waals surface area (Å²) in [6, 6.07) is 9.43. The average Bonchev–Trinajstić information content (AvgIpc) is 3.47. The molecule has 4 N–H and O–H groups in total. The molecule has 0 saturated carbocycles. The number of ether oxygens (including phenoxy) is 2.